The van der Waals surface area contributed by atoms with E-state index >= 15 is 0 Å². The van der Waals surface area contributed by atoms with Crippen molar-refractivity contribution in [1.29, 1.82) is 0 Å². The average molecular weight is 329 g/mol. The lowest BCUT2D eigenvalue weighted by Gasteiger charge is -2.17. The van der Waals surface area contributed by atoms with Gasteiger partial charge >= 0.3 is 0 Å². The zero-order chi connectivity index (χ0) is 17.1. The molecule has 1 aliphatic carbocycles. The second-order valence-corrected chi connectivity index (χ2v) is 6.80. The monoisotopic (exact) mass is 329 g/mol. The largest absolute Gasteiger partial charge is 0.489 e. The third-order valence-corrected chi connectivity index (χ3v) is 5.05. The highest BCUT2D eigenvalue weighted by atomic mass is 16.5. The summed E-state index contributed by atoms with van der Waals surface area (Å²) in [6.45, 7) is 0.598. The molecule has 3 aromatic rings. The van der Waals surface area contributed by atoms with Crippen LogP contribution in [-0.4, -0.2) is 6.04 Å². The predicted octanol–water partition coefficient (Wildman–Crippen LogP) is 4.48. The minimum Gasteiger partial charge on any atom is -0.489 e. The number of rotatable bonds is 5. The molecule has 0 spiro atoms. The molecule has 0 fully saturated rings. The van der Waals surface area contributed by atoms with Gasteiger partial charge in [0.15, 0.2) is 0 Å². The van der Waals surface area contributed by atoms with Gasteiger partial charge in [0.2, 0.25) is 0 Å². The van der Waals surface area contributed by atoms with Crippen molar-refractivity contribution in [2.24, 2.45) is 5.73 Å². The van der Waals surface area contributed by atoms with Gasteiger partial charge in [-0.05, 0) is 47.2 Å². The number of fused-ring (bicyclic) bond motifs is 1. The molecule has 2 heteroatoms. The van der Waals surface area contributed by atoms with E-state index in [1.54, 1.807) is 0 Å². The van der Waals surface area contributed by atoms with Crippen LogP contribution >= 0.6 is 0 Å². The summed E-state index contributed by atoms with van der Waals surface area (Å²) in [5.41, 5.74) is 11.7. The lowest BCUT2D eigenvalue weighted by atomic mass is 9.91. The van der Waals surface area contributed by atoms with Gasteiger partial charge in [-0.25, -0.2) is 0 Å². The van der Waals surface area contributed by atoms with Crippen LogP contribution in [0.1, 0.15) is 28.2 Å². The molecule has 0 amide bonds. The molecule has 0 unspecified atom stereocenters. The zero-order valence-corrected chi connectivity index (χ0v) is 14.3. The summed E-state index contributed by atoms with van der Waals surface area (Å²) in [5.74, 6) is 1.32. The standard InChI is InChI=1S/C23H23NO/c24-23-15-19-8-4-5-9-21(19)22(23)14-17-10-12-20(13-11-17)25-16-18-6-2-1-3-7-18/h1-13,22-23H,14-16,24H2/t22-,23+/m1/s1. The molecule has 126 valence electrons. The molecule has 2 atom stereocenters. The third kappa shape index (κ3) is 3.59. The molecular formula is C23H23NO. The highest BCUT2D eigenvalue weighted by Gasteiger charge is 2.29. The summed E-state index contributed by atoms with van der Waals surface area (Å²) in [6.07, 6.45) is 1.97. The van der Waals surface area contributed by atoms with Gasteiger partial charge in [-0.1, -0.05) is 66.7 Å². The molecular weight excluding hydrogens is 306 g/mol. The third-order valence-electron chi connectivity index (χ3n) is 5.05. The van der Waals surface area contributed by atoms with Crippen LogP contribution < -0.4 is 10.5 Å². The van der Waals surface area contributed by atoms with Gasteiger partial charge in [0, 0.05) is 12.0 Å². The first-order valence-corrected chi connectivity index (χ1v) is 8.88. The number of hydrogen-bond donors (Lipinski definition) is 1. The fourth-order valence-electron chi connectivity index (χ4n) is 3.69. The van der Waals surface area contributed by atoms with Gasteiger partial charge in [-0.2, -0.15) is 0 Å². The van der Waals surface area contributed by atoms with E-state index in [0.717, 1.165) is 18.6 Å². The fraction of sp³-hybridized carbons (Fsp3) is 0.217. The molecule has 0 aliphatic heterocycles. The van der Waals surface area contributed by atoms with E-state index in [1.165, 1.54) is 22.3 Å². The lowest BCUT2D eigenvalue weighted by molar-refractivity contribution is 0.306. The van der Waals surface area contributed by atoms with Crippen LogP contribution in [0.15, 0.2) is 78.9 Å². The van der Waals surface area contributed by atoms with Crippen molar-refractivity contribution in [2.45, 2.75) is 31.4 Å². The van der Waals surface area contributed by atoms with Crippen LogP contribution in [0.4, 0.5) is 0 Å². The molecule has 0 aromatic heterocycles. The van der Waals surface area contributed by atoms with Crippen molar-refractivity contribution in [2.75, 3.05) is 0 Å². The van der Waals surface area contributed by atoms with Crippen LogP contribution in [0.25, 0.3) is 0 Å². The van der Waals surface area contributed by atoms with Crippen molar-refractivity contribution in [3.8, 4) is 5.75 Å². The van der Waals surface area contributed by atoms with E-state index in [2.05, 4.69) is 60.7 Å². The average Bonchev–Trinajstić information content (AvgIpc) is 2.97. The van der Waals surface area contributed by atoms with Gasteiger partial charge in [0.05, 0.1) is 0 Å². The predicted molar refractivity (Wildman–Crippen MR) is 102 cm³/mol. The zero-order valence-electron chi connectivity index (χ0n) is 14.3. The van der Waals surface area contributed by atoms with Crippen LogP contribution in [-0.2, 0) is 19.4 Å². The fourth-order valence-corrected chi connectivity index (χ4v) is 3.69. The smallest absolute Gasteiger partial charge is 0.119 e. The maximum Gasteiger partial charge on any atom is 0.119 e. The van der Waals surface area contributed by atoms with E-state index in [9.17, 15) is 0 Å². The van der Waals surface area contributed by atoms with Crippen LogP contribution in [0.3, 0.4) is 0 Å². The number of benzene rings is 3. The molecule has 25 heavy (non-hydrogen) atoms. The molecule has 0 saturated heterocycles. The molecule has 0 radical (unpaired) electrons. The second-order valence-electron chi connectivity index (χ2n) is 6.80. The molecule has 3 aromatic carbocycles. The molecule has 4 rings (SSSR count). The van der Waals surface area contributed by atoms with Crippen molar-refractivity contribution in [1.82, 2.24) is 0 Å². The molecule has 0 bridgehead atoms. The maximum absolute atomic E-state index is 6.39. The molecule has 2 N–H and O–H groups in total. The van der Waals surface area contributed by atoms with E-state index in [0.29, 0.717) is 12.5 Å². The van der Waals surface area contributed by atoms with E-state index < -0.39 is 0 Å². The molecule has 1 aliphatic rings. The normalized spacial score (nSPS) is 18.8. The van der Waals surface area contributed by atoms with Gasteiger partial charge in [-0.15, -0.1) is 0 Å². The molecule has 0 heterocycles. The van der Waals surface area contributed by atoms with Crippen molar-refractivity contribution in [3.05, 3.63) is 101 Å². The minimum absolute atomic E-state index is 0.214. The van der Waals surface area contributed by atoms with E-state index in [4.69, 9.17) is 10.5 Å². The summed E-state index contributed by atoms with van der Waals surface area (Å²) in [7, 11) is 0. The minimum atomic E-state index is 0.214. The number of hydrogen-bond acceptors (Lipinski definition) is 2. The van der Waals surface area contributed by atoms with Gasteiger partial charge in [-0.3, -0.25) is 0 Å². The Kier molecular flexibility index (Phi) is 4.53. The maximum atomic E-state index is 6.39. The highest BCUT2D eigenvalue weighted by Crippen LogP contribution is 2.34. The Morgan fingerprint density at radius 2 is 1.52 bits per heavy atom. The Labute approximate surface area is 149 Å². The first kappa shape index (κ1) is 15.9. The van der Waals surface area contributed by atoms with Gasteiger partial charge in [0.25, 0.3) is 0 Å². The first-order chi connectivity index (χ1) is 12.3. The number of nitrogens with two attached hydrogens (primary N) is 1. The van der Waals surface area contributed by atoms with Crippen molar-refractivity contribution >= 4 is 0 Å². The highest BCUT2D eigenvalue weighted by molar-refractivity contribution is 5.39. The van der Waals surface area contributed by atoms with Gasteiger partial charge < -0.3 is 10.5 Å². The summed E-state index contributed by atoms with van der Waals surface area (Å²) < 4.78 is 5.87. The quantitative estimate of drug-likeness (QED) is 0.749. The van der Waals surface area contributed by atoms with Crippen LogP contribution in [0.5, 0.6) is 5.75 Å². The Balaban J connectivity index is 1.41. The molecule has 2 nitrogen and oxygen atoms in total. The Morgan fingerprint density at radius 3 is 2.32 bits per heavy atom. The van der Waals surface area contributed by atoms with E-state index in [1.807, 2.05) is 18.2 Å². The second kappa shape index (κ2) is 7.12. The summed E-state index contributed by atoms with van der Waals surface area (Å²) >= 11 is 0. The van der Waals surface area contributed by atoms with E-state index in [-0.39, 0.29) is 6.04 Å². The van der Waals surface area contributed by atoms with Crippen LogP contribution in [0.2, 0.25) is 0 Å². The number of ether oxygens (including phenoxy) is 1. The van der Waals surface area contributed by atoms with Gasteiger partial charge in [0.1, 0.15) is 12.4 Å². The Morgan fingerprint density at radius 1 is 0.800 bits per heavy atom. The van der Waals surface area contributed by atoms with Crippen molar-refractivity contribution in [3.63, 3.8) is 0 Å². The van der Waals surface area contributed by atoms with Crippen molar-refractivity contribution < 1.29 is 4.74 Å². The van der Waals surface area contributed by atoms with Crippen LogP contribution in [0, 0.1) is 0 Å². The SMILES string of the molecule is N[C@H]1Cc2ccccc2[C@H]1Cc1ccc(OCc2ccccc2)cc1. The Bertz CT molecular complexity index is 826. The summed E-state index contributed by atoms with van der Waals surface area (Å²) in [5, 5.41) is 0. The Hall–Kier alpha value is -2.58. The topological polar surface area (TPSA) is 35.2 Å². The summed E-state index contributed by atoms with van der Waals surface area (Å²) in [4.78, 5) is 0. The molecule has 0 saturated carbocycles. The lowest BCUT2D eigenvalue weighted by Crippen LogP contribution is -2.26. The summed E-state index contributed by atoms with van der Waals surface area (Å²) in [6, 6.07) is 27.5. The first-order valence-electron chi connectivity index (χ1n) is 8.88.